The Morgan fingerprint density at radius 3 is 2.68 bits per heavy atom. The molecule has 0 unspecified atom stereocenters. The number of hydrogen-bond acceptors (Lipinski definition) is 5. The predicted octanol–water partition coefficient (Wildman–Crippen LogP) is 1.60. The molecule has 0 radical (unpaired) electrons. The van der Waals surface area contributed by atoms with Crippen molar-refractivity contribution in [2.75, 3.05) is 11.9 Å². The van der Waals surface area contributed by atoms with Crippen molar-refractivity contribution in [2.45, 2.75) is 13.5 Å². The minimum Gasteiger partial charge on any atom is -0.462 e. The third kappa shape index (κ3) is 3.31. The van der Waals surface area contributed by atoms with Gasteiger partial charge in [-0.25, -0.2) is 4.79 Å². The Hall–Kier alpha value is -2.37. The van der Waals surface area contributed by atoms with Crippen LogP contribution in [0.25, 0.3) is 0 Å². The summed E-state index contributed by atoms with van der Waals surface area (Å²) in [5.74, 6) is -0.301. The van der Waals surface area contributed by atoms with Gasteiger partial charge in [0.2, 0.25) is 0 Å². The monoisotopic (exact) mass is 260 g/mol. The van der Waals surface area contributed by atoms with Crippen LogP contribution in [-0.4, -0.2) is 27.6 Å². The number of nitrogens with one attached hydrogen (secondary N) is 1. The molecule has 2 aromatic rings. The topological polar surface area (TPSA) is 69.0 Å². The molecular formula is C13H16N4O2. The Morgan fingerprint density at radius 2 is 2.11 bits per heavy atom. The molecule has 1 N–H and O–H groups in total. The molecule has 2 rings (SSSR count). The second kappa shape index (κ2) is 5.99. The third-order valence-electron chi connectivity index (χ3n) is 2.68. The molecule has 0 aliphatic rings. The normalized spacial score (nSPS) is 10.2. The van der Waals surface area contributed by atoms with Gasteiger partial charge in [0.25, 0.3) is 0 Å². The number of carbonyl (C=O) groups excluding carboxylic acids is 1. The minimum absolute atomic E-state index is 0.301. The highest BCUT2D eigenvalue weighted by atomic mass is 16.5. The summed E-state index contributed by atoms with van der Waals surface area (Å²) in [6.07, 6.45) is 1.71. The fourth-order valence-corrected chi connectivity index (χ4v) is 1.60. The van der Waals surface area contributed by atoms with Crippen LogP contribution < -0.4 is 5.32 Å². The van der Waals surface area contributed by atoms with Crippen molar-refractivity contribution in [2.24, 2.45) is 7.05 Å². The molecule has 0 aliphatic heterocycles. The summed E-state index contributed by atoms with van der Waals surface area (Å²) in [5, 5.41) is 10.9. The van der Waals surface area contributed by atoms with Crippen LogP contribution in [0.2, 0.25) is 0 Å². The van der Waals surface area contributed by atoms with Crippen molar-refractivity contribution in [3.05, 3.63) is 41.7 Å². The molecule has 0 atom stereocenters. The summed E-state index contributed by atoms with van der Waals surface area (Å²) in [6.45, 7) is 2.80. The molecule has 1 aromatic heterocycles. The zero-order chi connectivity index (χ0) is 13.7. The molecule has 0 saturated carbocycles. The molecule has 0 spiro atoms. The Bertz CT molecular complexity index is 548. The van der Waals surface area contributed by atoms with Crippen molar-refractivity contribution in [1.82, 2.24) is 15.0 Å². The number of aryl methyl sites for hydroxylation is 1. The first-order valence-corrected chi connectivity index (χ1v) is 6.05. The van der Waals surface area contributed by atoms with Crippen molar-refractivity contribution >= 4 is 11.7 Å². The number of rotatable bonds is 5. The van der Waals surface area contributed by atoms with E-state index >= 15 is 0 Å². The van der Waals surface area contributed by atoms with Crippen molar-refractivity contribution in [3.63, 3.8) is 0 Å². The molecular weight excluding hydrogens is 244 g/mol. The van der Waals surface area contributed by atoms with Crippen molar-refractivity contribution < 1.29 is 9.53 Å². The number of carbonyl (C=O) groups is 1. The largest absolute Gasteiger partial charge is 0.462 e. The molecule has 0 fully saturated rings. The number of aromatic nitrogens is 3. The average molecular weight is 260 g/mol. The Labute approximate surface area is 111 Å². The highest BCUT2D eigenvalue weighted by Gasteiger charge is 2.05. The molecule has 1 heterocycles. The SMILES string of the molecule is CCOC(=O)c1ccc(NCc2cnnn2C)cc1. The number of hydrogen-bond donors (Lipinski definition) is 1. The van der Waals surface area contributed by atoms with Crippen LogP contribution in [0.5, 0.6) is 0 Å². The minimum atomic E-state index is -0.301. The fourth-order valence-electron chi connectivity index (χ4n) is 1.60. The van der Waals surface area contributed by atoms with E-state index in [1.165, 1.54) is 0 Å². The van der Waals surface area contributed by atoms with E-state index in [4.69, 9.17) is 4.74 Å². The molecule has 19 heavy (non-hydrogen) atoms. The van der Waals surface area contributed by atoms with Gasteiger partial charge in [-0.1, -0.05) is 5.21 Å². The third-order valence-corrected chi connectivity index (χ3v) is 2.68. The van der Waals surface area contributed by atoms with Gasteiger partial charge in [0.1, 0.15) is 0 Å². The van der Waals surface area contributed by atoms with Gasteiger partial charge in [-0.2, -0.15) is 0 Å². The predicted molar refractivity (Wildman–Crippen MR) is 70.7 cm³/mol. The quantitative estimate of drug-likeness (QED) is 0.827. The summed E-state index contributed by atoms with van der Waals surface area (Å²) in [4.78, 5) is 11.5. The van der Waals surface area contributed by atoms with Crippen LogP contribution in [0.1, 0.15) is 23.0 Å². The van der Waals surface area contributed by atoms with Gasteiger partial charge in [-0.15, -0.1) is 5.10 Å². The van der Waals surface area contributed by atoms with Crippen LogP contribution in [-0.2, 0) is 18.3 Å². The van der Waals surface area contributed by atoms with Gasteiger partial charge in [-0.05, 0) is 31.2 Å². The summed E-state index contributed by atoms with van der Waals surface area (Å²) in [5.41, 5.74) is 2.46. The maximum Gasteiger partial charge on any atom is 0.338 e. The van der Waals surface area contributed by atoms with E-state index in [2.05, 4.69) is 15.6 Å². The molecule has 0 saturated heterocycles. The molecule has 1 aromatic carbocycles. The second-order valence-corrected chi connectivity index (χ2v) is 4.00. The Morgan fingerprint density at radius 1 is 1.37 bits per heavy atom. The smallest absolute Gasteiger partial charge is 0.338 e. The van der Waals surface area contributed by atoms with E-state index in [0.29, 0.717) is 18.7 Å². The van der Waals surface area contributed by atoms with E-state index in [-0.39, 0.29) is 5.97 Å². The fraction of sp³-hybridized carbons (Fsp3) is 0.308. The van der Waals surface area contributed by atoms with E-state index in [1.54, 1.807) is 29.9 Å². The van der Waals surface area contributed by atoms with Gasteiger partial charge < -0.3 is 10.1 Å². The molecule has 0 aliphatic carbocycles. The maximum atomic E-state index is 11.5. The standard InChI is InChI=1S/C13H16N4O2/c1-3-19-13(18)10-4-6-11(7-5-10)14-8-12-9-15-16-17(12)2/h4-7,9,14H,3,8H2,1-2H3. The van der Waals surface area contributed by atoms with Crippen LogP contribution in [0, 0.1) is 0 Å². The van der Waals surface area contributed by atoms with E-state index in [0.717, 1.165) is 11.4 Å². The number of ether oxygens (including phenoxy) is 1. The number of nitrogens with zero attached hydrogens (tertiary/aromatic N) is 3. The second-order valence-electron chi connectivity index (χ2n) is 4.00. The molecule has 0 bridgehead atoms. The molecule has 6 heteroatoms. The highest BCUT2D eigenvalue weighted by molar-refractivity contribution is 5.89. The maximum absolute atomic E-state index is 11.5. The van der Waals surface area contributed by atoms with Crippen molar-refractivity contribution in [1.29, 1.82) is 0 Å². The van der Waals surface area contributed by atoms with Gasteiger partial charge in [0.05, 0.1) is 30.6 Å². The highest BCUT2D eigenvalue weighted by Crippen LogP contribution is 2.11. The van der Waals surface area contributed by atoms with Gasteiger partial charge in [0.15, 0.2) is 0 Å². The first-order valence-electron chi connectivity index (χ1n) is 6.05. The van der Waals surface area contributed by atoms with Crippen LogP contribution in [0.4, 0.5) is 5.69 Å². The van der Waals surface area contributed by atoms with E-state index in [9.17, 15) is 4.79 Å². The molecule has 0 amide bonds. The summed E-state index contributed by atoms with van der Waals surface area (Å²) < 4.78 is 6.63. The lowest BCUT2D eigenvalue weighted by molar-refractivity contribution is 0.0526. The Balaban J connectivity index is 1.95. The lowest BCUT2D eigenvalue weighted by atomic mass is 10.2. The Kier molecular flexibility index (Phi) is 4.12. The van der Waals surface area contributed by atoms with Crippen LogP contribution in [0.15, 0.2) is 30.5 Å². The lowest BCUT2D eigenvalue weighted by Gasteiger charge is -2.07. The first-order chi connectivity index (χ1) is 9.20. The van der Waals surface area contributed by atoms with Gasteiger partial charge >= 0.3 is 5.97 Å². The molecule has 100 valence electrons. The molecule has 6 nitrogen and oxygen atoms in total. The summed E-state index contributed by atoms with van der Waals surface area (Å²) >= 11 is 0. The lowest BCUT2D eigenvalue weighted by Crippen LogP contribution is -2.06. The number of benzene rings is 1. The van der Waals surface area contributed by atoms with E-state index < -0.39 is 0 Å². The first kappa shape index (κ1) is 13.1. The number of anilines is 1. The van der Waals surface area contributed by atoms with E-state index in [1.807, 2.05) is 19.2 Å². The summed E-state index contributed by atoms with van der Waals surface area (Å²) in [7, 11) is 1.84. The zero-order valence-corrected chi connectivity index (χ0v) is 11.0. The average Bonchev–Trinajstić information content (AvgIpc) is 2.83. The number of esters is 1. The van der Waals surface area contributed by atoms with Crippen LogP contribution >= 0.6 is 0 Å². The van der Waals surface area contributed by atoms with Gasteiger partial charge in [0, 0.05) is 12.7 Å². The van der Waals surface area contributed by atoms with Crippen LogP contribution in [0.3, 0.4) is 0 Å². The summed E-state index contributed by atoms with van der Waals surface area (Å²) in [6, 6.07) is 7.16. The van der Waals surface area contributed by atoms with Crippen molar-refractivity contribution in [3.8, 4) is 0 Å². The van der Waals surface area contributed by atoms with Gasteiger partial charge in [-0.3, -0.25) is 4.68 Å². The zero-order valence-electron chi connectivity index (χ0n) is 11.0.